The molecule has 1 aromatic heterocycles. The molecule has 0 unspecified atom stereocenters. The molecule has 2 aromatic carbocycles. The van der Waals surface area contributed by atoms with Crippen molar-refractivity contribution in [2.24, 2.45) is 0 Å². The smallest absolute Gasteiger partial charge is 0.289 e. The predicted octanol–water partition coefficient (Wildman–Crippen LogP) is 4.30. The van der Waals surface area contributed by atoms with Gasteiger partial charge in [-0.1, -0.05) is 18.2 Å². The van der Waals surface area contributed by atoms with Gasteiger partial charge in [0.15, 0.2) is 5.78 Å². The third kappa shape index (κ3) is 6.28. The van der Waals surface area contributed by atoms with E-state index in [9.17, 15) is 14.4 Å². The molecule has 0 atom stereocenters. The van der Waals surface area contributed by atoms with Gasteiger partial charge in [-0.3, -0.25) is 24.8 Å². The second-order valence-corrected chi connectivity index (χ2v) is 9.60. The third-order valence-corrected chi connectivity index (χ3v) is 7.35. The zero-order chi connectivity index (χ0) is 25.5. The second-order valence-electron chi connectivity index (χ2n) is 8.71. The van der Waals surface area contributed by atoms with E-state index in [1.165, 1.54) is 11.3 Å². The Labute approximate surface area is 214 Å². The normalized spacial score (nSPS) is 13.8. The highest BCUT2D eigenvalue weighted by atomic mass is 32.1. The maximum atomic E-state index is 12.7. The summed E-state index contributed by atoms with van der Waals surface area (Å²) in [5, 5.41) is 4.38. The Balaban J connectivity index is 1.23. The van der Waals surface area contributed by atoms with Crippen molar-refractivity contribution >= 4 is 34.6 Å². The minimum absolute atomic E-state index is 0.00142. The average molecular weight is 507 g/mol. The number of hydrogen-bond donors (Lipinski definition) is 1. The number of nitrogens with zero attached hydrogens (tertiary/aromatic N) is 3. The molecule has 2 heterocycles. The molecule has 2 amide bonds. The van der Waals surface area contributed by atoms with Gasteiger partial charge in [0, 0.05) is 49.8 Å². The van der Waals surface area contributed by atoms with Crippen molar-refractivity contribution in [2.75, 3.05) is 32.3 Å². The van der Waals surface area contributed by atoms with Gasteiger partial charge in [-0.25, -0.2) is 4.98 Å². The second kappa shape index (κ2) is 11.8. The zero-order valence-corrected chi connectivity index (χ0v) is 21.3. The van der Waals surface area contributed by atoms with Crippen molar-refractivity contribution in [1.29, 1.82) is 0 Å². The number of carbonyl (C=O) groups excluding carboxylic acids is 3. The van der Waals surface area contributed by atoms with E-state index in [1.807, 2.05) is 35.2 Å². The molecule has 1 saturated heterocycles. The summed E-state index contributed by atoms with van der Waals surface area (Å²) in [4.78, 5) is 44.1. The summed E-state index contributed by atoms with van der Waals surface area (Å²) in [6.45, 7) is 1.25. The van der Waals surface area contributed by atoms with Crippen LogP contribution in [0.5, 0.6) is 5.75 Å². The van der Waals surface area contributed by atoms with E-state index in [1.54, 1.807) is 48.8 Å². The largest absolute Gasteiger partial charge is 0.497 e. The highest BCUT2D eigenvalue weighted by molar-refractivity contribution is 7.09. The molecule has 1 N–H and O–H groups in total. The Morgan fingerprint density at radius 3 is 2.42 bits per heavy atom. The summed E-state index contributed by atoms with van der Waals surface area (Å²) < 4.78 is 5.11. The maximum absolute atomic E-state index is 12.7. The van der Waals surface area contributed by atoms with E-state index in [-0.39, 0.29) is 36.4 Å². The van der Waals surface area contributed by atoms with Gasteiger partial charge in [-0.05, 0) is 49.2 Å². The van der Waals surface area contributed by atoms with Crippen LogP contribution in [0.25, 0.3) is 0 Å². The molecule has 0 radical (unpaired) electrons. The Kier molecular flexibility index (Phi) is 8.32. The number of hydrazine groups is 1. The van der Waals surface area contributed by atoms with Crippen LogP contribution in [0, 0.1) is 0 Å². The lowest BCUT2D eigenvalue weighted by Crippen LogP contribution is -2.39. The van der Waals surface area contributed by atoms with Crippen molar-refractivity contribution < 1.29 is 19.1 Å². The van der Waals surface area contributed by atoms with Gasteiger partial charge in [-0.15, -0.1) is 11.3 Å². The van der Waals surface area contributed by atoms with Crippen LogP contribution in [-0.4, -0.2) is 54.7 Å². The molecule has 4 rings (SSSR count). The van der Waals surface area contributed by atoms with E-state index in [0.29, 0.717) is 30.1 Å². The number of para-hydroxylation sites is 1. The van der Waals surface area contributed by atoms with Gasteiger partial charge in [0.2, 0.25) is 5.91 Å². The molecular formula is C27H30N4O4S. The molecule has 9 heteroatoms. The van der Waals surface area contributed by atoms with Crippen molar-refractivity contribution in [1.82, 2.24) is 15.3 Å². The minimum atomic E-state index is -0.252. The molecule has 8 nitrogen and oxygen atoms in total. The Morgan fingerprint density at radius 2 is 1.75 bits per heavy atom. The minimum Gasteiger partial charge on any atom is -0.497 e. The van der Waals surface area contributed by atoms with Crippen LogP contribution in [0.15, 0.2) is 60.0 Å². The number of Topliss-reactive ketones (excluding diaryl/α,β-unsaturated/α-hetero) is 1. The number of rotatable bonds is 9. The number of carbonyl (C=O) groups is 3. The molecule has 1 fully saturated rings. The van der Waals surface area contributed by atoms with Crippen LogP contribution in [0.1, 0.15) is 57.5 Å². The zero-order valence-electron chi connectivity index (χ0n) is 20.5. The number of hydrogen-bond acceptors (Lipinski definition) is 7. The van der Waals surface area contributed by atoms with Gasteiger partial charge in [-0.2, -0.15) is 0 Å². The van der Waals surface area contributed by atoms with E-state index in [4.69, 9.17) is 4.74 Å². The molecular weight excluding hydrogens is 476 g/mol. The van der Waals surface area contributed by atoms with Crippen LogP contribution < -0.4 is 15.2 Å². The van der Waals surface area contributed by atoms with Crippen LogP contribution >= 0.6 is 11.3 Å². The quantitative estimate of drug-likeness (QED) is 0.344. The standard InChI is InChI=1S/C27H30N4O4S/c1-30(21-6-4-3-5-7-21)29-26(34)23-18-36-27(28-23)20-14-16-31(17-15-20)25(33)13-12-24(32)19-8-10-22(35-2)11-9-19/h3-11,18,20H,12-17H2,1-2H3,(H,29,34). The topological polar surface area (TPSA) is 91.8 Å². The number of nitrogens with one attached hydrogen (secondary N) is 1. The first-order valence-corrected chi connectivity index (χ1v) is 12.8. The number of methoxy groups -OCH3 is 1. The highest BCUT2D eigenvalue weighted by Crippen LogP contribution is 2.30. The van der Waals surface area contributed by atoms with Gasteiger partial charge in [0.1, 0.15) is 11.4 Å². The first-order chi connectivity index (χ1) is 17.4. The lowest BCUT2D eigenvalue weighted by Gasteiger charge is -2.31. The number of aromatic nitrogens is 1. The van der Waals surface area contributed by atoms with Crippen LogP contribution in [0.2, 0.25) is 0 Å². The SMILES string of the molecule is COc1ccc(C(=O)CCC(=O)N2CCC(c3nc(C(=O)NN(C)c4ccccc4)cs3)CC2)cc1. The molecule has 36 heavy (non-hydrogen) atoms. The van der Waals surface area contributed by atoms with Crippen molar-refractivity contribution in [3.63, 3.8) is 0 Å². The summed E-state index contributed by atoms with van der Waals surface area (Å²) >= 11 is 1.48. The van der Waals surface area contributed by atoms with Crippen molar-refractivity contribution in [3.05, 3.63) is 76.2 Å². The summed E-state index contributed by atoms with van der Waals surface area (Å²) in [7, 11) is 3.37. The van der Waals surface area contributed by atoms with E-state index >= 15 is 0 Å². The van der Waals surface area contributed by atoms with Gasteiger partial charge in [0.05, 0.1) is 17.8 Å². The van der Waals surface area contributed by atoms with Crippen molar-refractivity contribution in [3.8, 4) is 5.75 Å². The van der Waals surface area contributed by atoms with Crippen molar-refractivity contribution in [2.45, 2.75) is 31.6 Å². The number of amides is 2. The summed E-state index contributed by atoms with van der Waals surface area (Å²) in [5.74, 6) is 0.607. The molecule has 188 valence electrons. The molecule has 1 aliphatic rings. The van der Waals surface area contributed by atoms with Gasteiger partial charge >= 0.3 is 0 Å². The fourth-order valence-electron chi connectivity index (χ4n) is 4.18. The Hall–Kier alpha value is -3.72. The lowest BCUT2D eigenvalue weighted by molar-refractivity contribution is -0.132. The number of ketones is 1. The molecule has 3 aromatic rings. The number of anilines is 1. The van der Waals surface area contributed by atoms with Gasteiger partial charge in [0.25, 0.3) is 5.91 Å². The van der Waals surface area contributed by atoms with Crippen LogP contribution in [0.3, 0.4) is 0 Å². The lowest BCUT2D eigenvalue weighted by atomic mass is 9.97. The van der Waals surface area contributed by atoms with Crippen LogP contribution in [0.4, 0.5) is 5.69 Å². The van der Waals surface area contributed by atoms with Gasteiger partial charge < -0.3 is 9.64 Å². The number of thiazole rings is 1. The van der Waals surface area contributed by atoms with E-state index in [2.05, 4.69) is 10.4 Å². The first-order valence-electron chi connectivity index (χ1n) is 11.9. The number of piperidine rings is 1. The Morgan fingerprint density at radius 1 is 1.06 bits per heavy atom. The fraction of sp³-hybridized carbons (Fsp3) is 0.333. The molecule has 0 aliphatic carbocycles. The third-order valence-electron chi connectivity index (χ3n) is 6.34. The Bertz CT molecular complexity index is 1190. The molecule has 0 spiro atoms. The number of ether oxygens (including phenoxy) is 1. The highest BCUT2D eigenvalue weighted by Gasteiger charge is 2.26. The number of likely N-dealkylation sites (tertiary alicyclic amines) is 1. The monoisotopic (exact) mass is 506 g/mol. The number of benzene rings is 2. The first kappa shape index (κ1) is 25.4. The predicted molar refractivity (Wildman–Crippen MR) is 140 cm³/mol. The van der Waals surface area contributed by atoms with E-state index < -0.39 is 0 Å². The summed E-state index contributed by atoms with van der Waals surface area (Å²) in [6.07, 6.45) is 1.97. The molecule has 1 aliphatic heterocycles. The van der Waals surface area contributed by atoms with Crippen LogP contribution in [-0.2, 0) is 4.79 Å². The average Bonchev–Trinajstić information content (AvgIpc) is 3.43. The summed E-state index contributed by atoms with van der Waals surface area (Å²) in [6, 6.07) is 16.5. The summed E-state index contributed by atoms with van der Waals surface area (Å²) in [5.41, 5.74) is 4.70. The molecule has 0 bridgehead atoms. The molecule has 0 saturated carbocycles. The fourth-order valence-corrected chi connectivity index (χ4v) is 5.15. The van der Waals surface area contributed by atoms with E-state index in [0.717, 1.165) is 23.5 Å². The maximum Gasteiger partial charge on any atom is 0.289 e.